The number of carboxylic acids is 2. The fourth-order valence-corrected chi connectivity index (χ4v) is 3.03. The number of hydrogen-bond acceptors (Lipinski definition) is 9. The van der Waals surface area contributed by atoms with Crippen LogP contribution in [0.15, 0.2) is 12.5 Å². The minimum Gasteiger partial charge on any atom is -0.481 e. The van der Waals surface area contributed by atoms with Crippen molar-refractivity contribution in [3.8, 4) is 0 Å². The number of aromatic nitrogens is 2. The Morgan fingerprint density at radius 3 is 1.84 bits per heavy atom. The highest BCUT2D eigenvalue weighted by molar-refractivity contribution is 5.95. The summed E-state index contributed by atoms with van der Waals surface area (Å²) in [5.74, 6) is -7.28. The summed E-state index contributed by atoms with van der Waals surface area (Å²) in [5.41, 5.74) is 16.1. The number of nitrogens with two attached hydrogens (primary N) is 3. The molecule has 1 heterocycles. The molecule has 1 rings (SSSR count). The van der Waals surface area contributed by atoms with Crippen molar-refractivity contribution in [2.24, 2.45) is 17.2 Å². The van der Waals surface area contributed by atoms with Crippen LogP contribution in [0.3, 0.4) is 0 Å². The number of carboxylic acid groups (broad SMARTS) is 2. The molecule has 0 saturated heterocycles. The molecule has 0 aromatic carbocycles. The van der Waals surface area contributed by atoms with E-state index < -0.39 is 72.1 Å². The van der Waals surface area contributed by atoms with Gasteiger partial charge in [-0.25, -0.2) is 9.78 Å². The number of amides is 5. The maximum Gasteiger partial charge on any atom is 0.326 e. The second-order valence-electron chi connectivity index (χ2n) is 8.02. The van der Waals surface area contributed by atoms with Crippen LogP contribution in [-0.4, -0.2) is 85.8 Å². The van der Waals surface area contributed by atoms with Crippen molar-refractivity contribution in [2.75, 3.05) is 0 Å². The molecule has 204 valence electrons. The second-order valence-corrected chi connectivity index (χ2v) is 8.02. The summed E-state index contributed by atoms with van der Waals surface area (Å²) >= 11 is 0. The largest absolute Gasteiger partial charge is 0.481 e. The highest BCUT2D eigenvalue weighted by Gasteiger charge is 2.31. The Morgan fingerprint density at radius 2 is 1.35 bits per heavy atom. The third kappa shape index (κ3) is 11.6. The number of H-pyrrole nitrogens is 1. The minimum absolute atomic E-state index is 0.186. The van der Waals surface area contributed by atoms with Gasteiger partial charge in [-0.2, -0.15) is 0 Å². The molecular formula is C20H30N8O9. The zero-order valence-corrected chi connectivity index (χ0v) is 19.6. The predicted molar refractivity (Wildman–Crippen MR) is 123 cm³/mol. The minimum atomic E-state index is -1.51. The van der Waals surface area contributed by atoms with Crippen LogP contribution < -0.4 is 33.2 Å². The molecule has 5 amide bonds. The smallest absolute Gasteiger partial charge is 0.326 e. The van der Waals surface area contributed by atoms with Crippen LogP contribution in [0.1, 0.15) is 37.8 Å². The lowest BCUT2D eigenvalue weighted by atomic mass is 10.1. The van der Waals surface area contributed by atoms with Crippen LogP contribution >= 0.6 is 0 Å². The van der Waals surface area contributed by atoms with E-state index in [0.717, 1.165) is 0 Å². The number of carbonyl (C=O) groups excluding carboxylic acids is 5. The fraction of sp³-hybridized carbons (Fsp3) is 0.500. The van der Waals surface area contributed by atoms with E-state index in [9.17, 15) is 38.7 Å². The number of primary amides is 2. The quantitative estimate of drug-likeness (QED) is 0.0937. The van der Waals surface area contributed by atoms with Gasteiger partial charge in [-0.15, -0.1) is 0 Å². The molecule has 1 aromatic rings. The number of nitrogens with zero attached hydrogens (tertiary/aromatic N) is 1. The van der Waals surface area contributed by atoms with Crippen LogP contribution in [0.4, 0.5) is 0 Å². The first-order valence-corrected chi connectivity index (χ1v) is 10.9. The Labute approximate surface area is 209 Å². The number of nitrogens with one attached hydrogen (secondary N) is 4. The zero-order chi connectivity index (χ0) is 28.1. The molecule has 12 N–H and O–H groups in total. The molecule has 4 unspecified atom stereocenters. The maximum absolute atomic E-state index is 13.0. The van der Waals surface area contributed by atoms with E-state index in [0.29, 0.717) is 5.69 Å². The van der Waals surface area contributed by atoms with Gasteiger partial charge in [-0.3, -0.25) is 28.8 Å². The molecule has 0 spiro atoms. The molecule has 0 aliphatic heterocycles. The van der Waals surface area contributed by atoms with Crippen LogP contribution in [-0.2, 0) is 40.0 Å². The van der Waals surface area contributed by atoms with E-state index in [1.165, 1.54) is 12.5 Å². The van der Waals surface area contributed by atoms with Crippen molar-refractivity contribution in [3.63, 3.8) is 0 Å². The molecule has 37 heavy (non-hydrogen) atoms. The number of imidazole rings is 1. The van der Waals surface area contributed by atoms with E-state index >= 15 is 0 Å². The van der Waals surface area contributed by atoms with Gasteiger partial charge in [0.05, 0.1) is 18.8 Å². The molecule has 0 aliphatic rings. The van der Waals surface area contributed by atoms with Gasteiger partial charge in [0.25, 0.3) is 0 Å². The molecule has 1 aromatic heterocycles. The Balaban J connectivity index is 3.09. The molecule has 0 saturated carbocycles. The van der Waals surface area contributed by atoms with Crippen molar-refractivity contribution in [1.82, 2.24) is 25.9 Å². The topological polar surface area (TPSA) is 303 Å². The first kappa shape index (κ1) is 30.5. The van der Waals surface area contributed by atoms with Crippen LogP contribution in [0.5, 0.6) is 0 Å². The van der Waals surface area contributed by atoms with Crippen LogP contribution in [0.2, 0.25) is 0 Å². The van der Waals surface area contributed by atoms with Crippen molar-refractivity contribution in [3.05, 3.63) is 18.2 Å². The lowest BCUT2D eigenvalue weighted by Gasteiger charge is -2.24. The van der Waals surface area contributed by atoms with Gasteiger partial charge >= 0.3 is 11.9 Å². The summed E-state index contributed by atoms with van der Waals surface area (Å²) in [6.07, 6.45) is 0.452. The predicted octanol–water partition coefficient (Wildman–Crippen LogP) is -4.18. The van der Waals surface area contributed by atoms with Gasteiger partial charge in [-0.05, 0) is 12.8 Å². The number of rotatable bonds is 17. The highest BCUT2D eigenvalue weighted by atomic mass is 16.4. The van der Waals surface area contributed by atoms with E-state index in [1.54, 1.807) is 0 Å². The third-order valence-corrected chi connectivity index (χ3v) is 4.95. The number of aliphatic carboxylic acids is 2. The number of carbonyl (C=O) groups is 7. The molecule has 0 bridgehead atoms. The van der Waals surface area contributed by atoms with Gasteiger partial charge in [-0.1, -0.05) is 0 Å². The van der Waals surface area contributed by atoms with Crippen molar-refractivity contribution < 1.29 is 43.8 Å². The summed E-state index contributed by atoms with van der Waals surface area (Å²) in [6, 6.07) is -5.85. The van der Waals surface area contributed by atoms with Crippen molar-refractivity contribution in [1.29, 1.82) is 0 Å². The molecule has 17 nitrogen and oxygen atoms in total. The second kappa shape index (κ2) is 14.8. The van der Waals surface area contributed by atoms with Gasteiger partial charge in [0.2, 0.25) is 29.5 Å². The third-order valence-electron chi connectivity index (χ3n) is 4.95. The van der Waals surface area contributed by atoms with Crippen LogP contribution in [0, 0.1) is 0 Å². The highest BCUT2D eigenvalue weighted by Crippen LogP contribution is 2.06. The lowest BCUT2D eigenvalue weighted by Crippen LogP contribution is -2.58. The van der Waals surface area contributed by atoms with E-state index in [2.05, 4.69) is 25.9 Å². The fourth-order valence-electron chi connectivity index (χ4n) is 3.03. The Bertz CT molecular complexity index is 998. The van der Waals surface area contributed by atoms with E-state index in [-0.39, 0.29) is 32.1 Å². The summed E-state index contributed by atoms with van der Waals surface area (Å²) in [6.45, 7) is 0. The standard InChI is InChI=1S/C20H30N8O9/c21-10(6-16(31)32)17(33)26-11(1-3-14(22)29)18(34)28-13(5-9-7-24-8-25-9)19(35)27-12(20(36)37)2-4-15(23)30/h7-8,10-13H,1-6,21H2,(H2,22,29)(H2,23,30)(H,24,25)(H,26,33)(H,27,35)(H,28,34)(H,31,32)(H,36,37). The summed E-state index contributed by atoms with van der Waals surface area (Å²) in [5, 5.41) is 25.0. The normalized spacial score (nSPS) is 13.9. The van der Waals surface area contributed by atoms with Gasteiger partial charge < -0.3 is 48.3 Å². The summed E-state index contributed by atoms with van der Waals surface area (Å²) in [4.78, 5) is 89.3. The Hall–Kier alpha value is -4.54. The monoisotopic (exact) mass is 526 g/mol. The van der Waals surface area contributed by atoms with E-state index in [4.69, 9.17) is 22.3 Å². The molecule has 0 radical (unpaired) electrons. The average molecular weight is 527 g/mol. The summed E-state index contributed by atoms with van der Waals surface area (Å²) < 4.78 is 0. The molecule has 4 atom stereocenters. The van der Waals surface area contributed by atoms with Crippen molar-refractivity contribution in [2.45, 2.75) is 62.7 Å². The molecule has 0 aliphatic carbocycles. The molecule has 0 fully saturated rings. The lowest BCUT2D eigenvalue weighted by molar-refractivity contribution is -0.142. The first-order chi connectivity index (χ1) is 17.3. The van der Waals surface area contributed by atoms with Gasteiger partial charge in [0, 0.05) is 31.2 Å². The SMILES string of the molecule is NC(=O)CCC(NC(=O)C(Cc1cnc[nH]1)NC(=O)C(CCC(N)=O)NC(=O)C(N)CC(=O)O)C(=O)O. The van der Waals surface area contributed by atoms with Crippen LogP contribution in [0.25, 0.3) is 0 Å². The Kier molecular flexibility index (Phi) is 12.2. The number of hydrogen-bond donors (Lipinski definition) is 9. The molecular weight excluding hydrogens is 496 g/mol. The van der Waals surface area contributed by atoms with Gasteiger partial charge in [0.15, 0.2) is 0 Å². The average Bonchev–Trinajstić information content (AvgIpc) is 3.30. The number of aromatic amines is 1. The van der Waals surface area contributed by atoms with Gasteiger partial charge in [0.1, 0.15) is 18.1 Å². The Morgan fingerprint density at radius 1 is 0.838 bits per heavy atom. The summed E-state index contributed by atoms with van der Waals surface area (Å²) in [7, 11) is 0. The molecule has 17 heteroatoms. The van der Waals surface area contributed by atoms with E-state index in [1.807, 2.05) is 0 Å². The van der Waals surface area contributed by atoms with Crippen molar-refractivity contribution >= 4 is 41.5 Å². The first-order valence-electron chi connectivity index (χ1n) is 10.9. The zero-order valence-electron chi connectivity index (χ0n) is 19.6. The maximum atomic E-state index is 13.0.